The Balaban J connectivity index is 2.86. The van der Waals surface area contributed by atoms with Crippen molar-refractivity contribution in [1.29, 1.82) is 0 Å². The van der Waals surface area contributed by atoms with E-state index in [4.69, 9.17) is 9.26 Å². The van der Waals surface area contributed by atoms with Crippen molar-refractivity contribution in [2.75, 3.05) is 26.5 Å². The number of hydrogen-bond acceptors (Lipinski definition) is 4. The van der Waals surface area contributed by atoms with Gasteiger partial charge in [-0.15, -0.1) is 4.76 Å². The molecule has 1 fully saturated rings. The number of likely N-dealkylation sites (N-methyl/N-ethyl adjacent to an activating group) is 1. The van der Waals surface area contributed by atoms with Crippen LogP contribution in [0.3, 0.4) is 0 Å². The Hall–Kier alpha value is -0.190. The van der Waals surface area contributed by atoms with Gasteiger partial charge in [0.05, 0.1) is 6.54 Å². The Bertz CT molecular complexity index is 290. The molecule has 2 unspecified atom stereocenters. The van der Waals surface area contributed by atoms with Gasteiger partial charge < -0.3 is 14.2 Å². The molecule has 0 saturated carbocycles. The summed E-state index contributed by atoms with van der Waals surface area (Å²) in [6.45, 7) is 2.58. The first kappa shape index (κ1) is 12.9. The molecule has 0 aromatic rings. The number of hydrogen-bond donors (Lipinski definition) is 0. The number of nitrogens with zero attached hydrogens (tertiary/aromatic N) is 2. The van der Waals surface area contributed by atoms with Gasteiger partial charge in [0, 0.05) is 13.7 Å². The molecular formula is C8H17N2O3PS. The minimum Gasteiger partial charge on any atom is -0.460 e. The van der Waals surface area contributed by atoms with Crippen LogP contribution >= 0.6 is 18.1 Å². The maximum atomic E-state index is 11.9. The Kier molecular flexibility index (Phi) is 4.49. The first-order chi connectivity index (χ1) is 7.04. The summed E-state index contributed by atoms with van der Waals surface area (Å²) >= 11 is 1.11. The van der Waals surface area contributed by atoms with Gasteiger partial charge in [-0.05, 0) is 31.5 Å². The number of ether oxygens (including phenoxy) is 1. The van der Waals surface area contributed by atoms with E-state index in [0.29, 0.717) is 6.02 Å². The molecule has 0 aromatic carbocycles. The van der Waals surface area contributed by atoms with Crippen LogP contribution in [0.4, 0.5) is 0 Å². The minimum atomic E-state index is -2.97. The minimum absolute atomic E-state index is 0.0934. The summed E-state index contributed by atoms with van der Waals surface area (Å²) in [6.07, 6.45) is 1.80. The van der Waals surface area contributed by atoms with Gasteiger partial charge in [0.25, 0.3) is 6.02 Å². The second-order valence-corrected chi connectivity index (χ2v) is 7.53. The van der Waals surface area contributed by atoms with Crippen molar-refractivity contribution in [1.82, 2.24) is 4.90 Å². The van der Waals surface area contributed by atoms with Crippen LogP contribution in [0.5, 0.6) is 0 Å². The molecule has 1 rings (SSSR count). The largest absolute Gasteiger partial charge is 0.460 e. The van der Waals surface area contributed by atoms with E-state index in [9.17, 15) is 4.57 Å². The van der Waals surface area contributed by atoms with Crippen LogP contribution in [0.2, 0.25) is 0 Å². The van der Waals surface area contributed by atoms with Crippen molar-refractivity contribution in [2.24, 2.45) is 4.76 Å². The van der Waals surface area contributed by atoms with Crippen LogP contribution in [0.25, 0.3) is 0 Å². The van der Waals surface area contributed by atoms with E-state index in [1.165, 1.54) is 7.11 Å². The van der Waals surface area contributed by atoms with Gasteiger partial charge in [-0.3, -0.25) is 4.57 Å². The molecule has 0 bridgehead atoms. The highest BCUT2D eigenvalue weighted by molar-refractivity contribution is 8.55. The van der Waals surface area contributed by atoms with Gasteiger partial charge in [0.2, 0.25) is 0 Å². The molecule has 0 aliphatic carbocycles. The van der Waals surface area contributed by atoms with E-state index < -0.39 is 6.72 Å². The van der Waals surface area contributed by atoms with Crippen molar-refractivity contribution < 1.29 is 13.8 Å². The van der Waals surface area contributed by atoms with Gasteiger partial charge in [0.15, 0.2) is 0 Å². The molecule has 7 heteroatoms. The zero-order chi connectivity index (χ0) is 11.5. The molecule has 0 aromatic heterocycles. The molecule has 15 heavy (non-hydrogen) atoms. The summed E-state index contributed by atoms with van der Waals surface area (Å²) in [6, 6.07) is 0.435. The average molecular weight is 252 g/mol. The SMILES string of the molecule is CCN1CC(C)OC1=NP(=O)(OC)SC. The van der Waals surface area contributed by atoms with Gasteiger partial charge in [-0.2, -0.15) is 0 Å². The fraction of sp³-hybridized carbons (Fsp3) is 0.875. The molecule has 0 amide bonds. The first-order valence-electron chi connectivity index (χ1n) is 4.78. The van der Waals surface area contributed by atoms with E-state index in [-0.39, 0.29) is 6.10 Å². The van der Waals surface area contributed by atoms with Crippen LogP contribution < -0.4 is 0 Å². The molecule has 2 atom stereocenters. The zero-order valence-electron chi connectivity index (χ0n) is 9.47. The van der Waals surface area contributed by atoms with Crippen LogP contribution in [0.1, 0.15) is 13.8 Å². The predicted molar refractivity (Wildman–Crippen MR) is 63.4 cm³/mol. The third-order valence-electron chi connectivity index (χ3n) is 2.11. The molecule has 88 valence electrons. The fourth-order valence-electron chi connectivity index (χ4n) is 1.29. The highest BCUT2D eigenvalue weighted by Crippen LogP contribution is 2.59. The summed E-state index contributed by atoms with van der Waals surface area (Å²) in [5.41, 5.74) is 0. The van der Waals surface area contributed by atoms with Crippen molar-refractivity contribution in [2.45, 2.75) is 20.0 Å². The average Bonchev–Trinajstić information content (AvgIpc) is 2.58. The summed E-state index contributed by atoms with van der Waals surface area (Å²) < 4.78 is 26.4. The van der Waals surface area contributed by atoms with Crippen molar-refractivity contribution in [3.63, 3.8) is 0 Å². The van der Waals surface area contributed by atoms with Crippen LogP contribution in [-0.4, -0.2) is 43.5 Å². The maximum absolute atomic E-state index is 11.9. The molecule has 0 radical (unpaired) electrons. The second-order valence-electron chi connectivity index (χ2n) is 3.18. The summed E-state index contributed by atoms with van der Waals surface area (Å²) in [5, 5.41) is 0. The standard InChI is InChI=1S/C8H17N2O3PS/c1-5-10-6-7(2)13-8(10)9-14(11,12-3)15-4/h7H,5-6H2,1-4H3. The lowest BCUT2D eigenvalue weighted by molar-refractivity contribution is 0.251. The molecule has 5 nitrogen and oxygen atoms in total. The highest BCUT2D eigenvalue weighted by atomic mass is 32.7. The Morgan fingerprint density at radius 3 is 2.93 bits per heavy atom. The lowest BCUT2D eigenvalue weighted by Crippen LogP contribution is -2.25. The second kappa shape index (κ2) is 5.23. The van der Waals surface area contributed by atoms with Crippen LogP contribution in [-0.2, 0) is 13.8 Å². The normalized spacial score (nSPS) is 27.9. The third-order valence-corrected chi connectivity index (χ3v) is 5.52. The maximum Gasteiger partial charge on any atom is 0.375 e. The zero-order valence-corrected chi connectivity index (χ0v) is 11.2. The van der Waals surface area contributed by atoms with Gasteiger partial charge >= 0.3 is 6.72 Å². The topological polar surface area (TPSA) is 51.1 Å². The van der Waals surface area contributed by atoms with Crippen molar-refractivity contribution in [3.8, 4) is 0 Å². The number of rotatable bonds is 4. The molecule has 0 N–H and O–H groups in total. The van der Waals surface area contributed by atoms with E-state index >= 15 is 0 Å². The Labute approximate surface area is 94.5 Å². The van der Waals surface area contributed by atoms with Crippen molar-refractivity contribution in [3.05, 3.63) is 0 Å². The molecular weight excluding hydrogens is 235 g/mol. The molecule has 1 aliphatic heterocycles. The van der Waals surface area contributed by atoms with Crippen LogP contribution in [0.15, 0.2) is 4.76 Å². The summed E-state index contributed by atoms with van der Waals surface area (Å²) in [4.78, 5) is 1.95. The highest BCUT2D eigenvalue weighted by Gasteiger charge is 2.29. The Morgan fingerprint density at radius 2 is 2.47 bits per heavy atom. The molecule has 1 heterocycles. The fourth-order valence-corrected chi connectivity index (χ4v) is 2.89. The van der Waals surface area contributed by atoms with Gasteiger partial charge in [0.1, 0.15) is 6.10 Å². The van der Waals surface area contributed by atoms with Gasteiger partial charge in [-0.1, -0.05) is 0 Å². The van der Waals surface area contributed by atoms with Crippen molar-refractivity contribution >= 4 is 24.1 Å². The lowest BCUT2D eigenvalue weighted by Gasteiger charge is -2.14. The smallest absolute Gasteiger partial charge is 0.375 e. The monoisotopic (exact) mass is 252 g/mol. The first-order valence-corrected chi connectivity index (χ1v) is 8.18. The predicted octanol–water partition coefficient (Wildman–Crippen LogP) is 2.20. The third kappa shape index (κ3) is 3.13. The van der Waals surface area contributed by atoms with E-state index in [1.54, 1.807) is 6.26 Å². The van der Waals surface area contributed by atoms with Gasteiger partial charge in [-0.25, -0.2) is 0 Å². The summed E-state index contributed by atoms with van der Waals surface area (Å²) in [7, 11) is 1.40. The Morgan fingerprint density at radius 1 is 1.80 bits per heavy atom. The lowest BCUT2D eigenvalue weighted by atomic mass is 10.4. The number of amidine groups is 1. The van der Waals surface area contributed by atoms with E-state index in [0.717, 1.165) is 24.5 Å². The molecule has 1 saturated heterocycles. The quantitative estimate of drug-likeness (QED) is 0.718. The van der Waals surface area contributed by atoms with E-state index in [1.807, 2.05) is 18.7 Å². The summed E-state index contributed by atoms with van der Waals surface area (Å²) in [5.74, 6) is 0. The van der Waals surface area contributed by atoms with Crippen LogP contribution in [0, 0.1) is 0 Å². The molecule has 0 spiro atoms. The molecule has 1 aliphatic rings. The van der Waals surface area contributed by atoms with E-state index in [2.05, 4.69) is 4.76 Å².